The first kappa shape index (κ1) is 23.1. The molecule has 2 unspecified atom stereocenters. The van der Waals surface area contributed by atoms with Crippen molar-refractivity contribution in [2.75, 3.05) is 19.6 Å². The Morgan fingerprint density at radius 1 is 1.03 bits per heavy atom. The van der Waals surface area contributed by atoms with Gasteiger partial charge in [0.15, 0.2) is 0 Å². The first-order valence-corrected chi connectivity index (χ1v) is 11.4. The summed E-state index contributed by atoms with van der Waals surface area (Å²) in [6.07, 6.45) is -0.0980. The Morgan fingerprint density at radius 3 is 2.14 bits per heavy atom. The van der Waals surface area contributed by atoms with Gasteiger partial charge in [0.2, 0.25) is 10.0 Å². The van der Waals surface area contributed by atoms with Gasteiger partial charge in [0.25, 0.3) is 5.91 Å². The van der Waals surface area contributed by atoms with E-state index >= 15 is 0 Å². The van der Waals surface area contributed by atoms with Crippen molar-refractivity contribution in [3.63, 3.8) is 0 Å². The summed E-state index contributed by atoms with van der Waals surface area (Å²) in [5, 5.41) is 9.79. The third-order valence-electron chi connectivity index (χ3n) is 4.88. The number of rotatable bonds is 10. The maximum absolute atomic E-state index is 12.7. The molecular formula is C22H30N2O4S. The van der Waals surface area contributed by atoms with Crippen LogP contribution in [0.5, 0.6) is 0 Å². The monoisotopic (exact) mass is 418 g/mol. The largest absolute Gasteiger partial charge is 0.393 e. The average molecular weight is 419 g/mol. The zero-order chi connectivity index (χ0) is 21.4. The van der Waals surface area contributed by atoms with Crippen molar-refractivity contribution in [1.29, 1.82) is 0 Å². The van der Waals surface area contributed by atoms with Crippen LogP contribution in [0.15, 0.2) is 59.5 Å². The first-order valence-electron chi connectivity index (χ1n) is 9.90. The van der Waals surface area contributed by atoms with E-state index in [1.54, 1.807) is 24.0 Å². The fourth-order valence-electron chi connectivity index (χ4n) is 3.24. The molecule has 2 N–H and O–H groups in total. The van der Waals surface area contributed by atoms with E-state index in [4.69, 9.17) is 0 Å². The molecular weight excluding hydrogens is 388 g/mol. The number of amides is 1. The van der Waals surface area contributed by atoms with E-state index in [1.807, 2.05) is 44.2 Å². The second-order valence-electron chi connectivity index (χ2n) is 7.05. The van der Waals surface area contributed by atoms with Crippen LogP contribution in [-0.2, 0) is 10.0 Å². The highest BCUT2D eigenvalue weighted by Gasteiger charge is 2.20. The molecule has 2 aromatic rings. The van der Waals surface area contributed by atoms with Crippen LogP contribution in [0.25, 0.3) is 0 Å². The Bertz CT molecular complexity index is 877. The molecule has 0 fully saturated rings. The summed E-state index contributed by atoms with van der Waals surface area (Å²) in [6.45, 7) is 6.87. The predicted molar refractivity (Wildman–Crippen MR) is 114 cm³/mol. The topological polar surface area (TPSA) is 86.7 Å². The number of sulfonamides is 1. The molecule has 2 rings (SSSR count). The Labute approximate surface area is 173 Å². The number of hydrogen-bond donors (Lipinski definition) is 2. The van der Waals surface area contributed by atoms with Crippen LogP contribution in [0, 0.1) is 0 Å². The smallest absolute Gasteiger partial charge is 0.253 e. The van der Waals surface area contributed by atoms with Gasteiger partial charge in [-0.05, 0) is 62.9 Å². The molecule has 0 radical (unpaired) electrons. The molecule has 158 valence electrons. The number of aliphatic hydroxyl groups is 1. The number of carbonyl (C=O) groups is 1. The van der Waals surface area contributed by atoms with E-state index in [-0.39, 0.29) is 23.3 Å². The van der Waals surface area contributed by atoms with Gasteiger partial charge in [-0.2, -0.15) is 0 Å². The number of aliphatic hydroxyl groups excluding tert-OH is 1. The standard InChI is InChI=1S/C22H30N2O4S/c1-4-24(5-2)22(26)19-11-13-21(14-12-19)29(27,28)23-16-20(15-17(3)25)18-9-7-6-8-10-18/h6-14,17,20,23,25H,4-5,15-16H2,1-3H3. The van der Waals surface area contributed by atoms with Gasteiger partial charge in [-0.25, -0.2) is 13.1 Å². The van der Waals surface area contributed by atoms with Gasteiger partial charge in [0.05, 0.1) is 11.0 Å². The van der Waals surface area contributed by atoms with Crippen molar-refractivity contribution in [3.05, 3.63) is 65.7 Å². The molecule has 1 amide bonds. The van der Waals surface area contributed by atoms with E-state index in [0.29, 0.717) is 25.1 Å². The van der Waals surface area contributed by atoms with Gasteiger partial charge >= 0.3 is 0 Å². The fourth-order valence-corrected chi connectivity index (χ4v) is 4.32. The second kappa shape index (κ2) is 10.5. The SMILES string of the molecule is CCN(CC)C(=O)c1ccc(S(=O)(=O)NCC(CC(C)O)c2ccccc2)cc1. The molecule has 29 heavy (non-hydrogen) atoms. The Kier molecular flexibility index (Phi) is 8.37. The molecule has 7 heteroatoms. The van der Waals surface area contributed by atoms with Crippen molar-refractivity contribution in [1.82, 2.24) is 9.62 Å². The van der Waals surface area contributed by atoms with Gasteiger partial charge in [-0.15, -0.1) is 0 Å². The molecule has 0 aliphatic heterocycles. The summed E-state index contributed by atoms with van der Waals surface area (Å²) in [4.78, 5) is 14.2. The molecule has 0 bridgehead atoms. The lowest BCUT2D eigenvalue weighted by molar-refractivity contribution is 0.0773. The zero-order valence-corrected chi connectivity index (χ0v) is 18.0. The van der Waals surface area contributed by atoms with E-state index < -0.39 is 16.1 Å². The van der Waals surface area contributed by atoms with Gasteiger partial charge < -0.3 is 10.0 Å². The van der Waals surface area contributed by atoms with E-state index in [1.165, 1.54) is 12.1 Å². The Hall–Kier alpha value is -2.22. The zero-order valence-electron chi connectivity index (χ0n) is 17.2. The maximum atomic E-state index is 12.7. The molecule has 0 heterocycles. The highest BCUT2D eigenvalue weighted by molar-refractivity contribution is 7.89. The summed E-state index contributed by atoms with van der Waals surface area (Å²) < 4.78 is 28.1. The third kappa shape index (κ3) is 6.39. The minimum Gasteiger partial charge on any atom is -0.393 e. The van der Waals surface area contributed by atoms with Crippen molar-refractivity contribution >= 4 is 15.9 Å². The lowest BCUT2D eigenvalue weighted by Gasteiger charge is -2.20. The first-order chi connectivity index (χ1) is 13.8. The van der Waals surface area contributed by atoms with Gasteiger partial charge in [-0.3, -0.25) is 4.79 Å². The summed E-state index contributed by atoms with van der Waals surface area (Å²) in [5.74, 6) is -0.262. The van der Waals surface area contributed by atoms with E-state index in [9.17, 15) is 18.3 Å². The van der Waals surface area contributed by atoms with Gasteiger partial charge in [0.1, 0.15) is 0 Å². The summed E-state index contributed by atoms with van der Waals surface area (Å²) in [5.41, 5.74) is 1.43. The summed E-state index contributed by atoms with van der Waals surface area (Å²) >= 11 is 0. The minimum absolute atomic E-state index is 0.109. The molecule has 2 aromatic carbocycles. The van der Waals surface area contributed by atoms with Crippen LogP contribution in [0.3, 0.4) is 0 Å². The molecule has 0 saturated carbocycles. The van der Waals surface area contributed by atoms with Gasteiger partial charge in [-0.1, -0.05) is 30.3 Å². The van der Waals surface area contributed by atoms with Crippen LogP contribution >= 0.6 is 0 Å². The maximum Gasteiger partial charge on any atom is 0.253 e. The molecule has 0 aliphatic carbocycles. The summed E-state index contributed by atoms with van der Waals surface area (Å²) in [6, 6.07) is 15.5. The van der Waals surface area contributed by atoms with Crippen molar-refractivity contribution in [2.24, 2.45) is 0 Å². The minimum atomic E-state index is -3.73. The predicted octanol–water partition coefficient (Wildman–Crippen LogP) is 3.00. The van der Waals surface area contributed by atoms with Gasteiger partial charge in [0, 0.05) is 25.2 Å². The highest BCUT2D eigenvalue weighted by Crippen LogP contribution is 2.21. The second-order valence-corrected chi connectivity index (χ2v) is 8.81. The summed E-state index contributed by atoms with van der Waals surface area (Å²) in [7, 11) is -3.73. The van der Waals surface area contributed by atoms with Crippen LogP contribution in [0.1, 0.15) is 49.0 Å². The van der Waals surface area contributed by atoms with Crippen molar-refractivity contribution in [3.8, 4) is 0 Å². The van der Waals surface area contributed by atoms with Crippen molar-refractivity contribution < 1.29 is 18.3 Å². The lowest BCUT2D eigenvalue weighted by atomic mass is 9.94. The quantitative estimate of drug-likeness (QED) is 0.621. The average Bonchev–Trinajstić information content (AvgIpc) is 2.72. The lowest BCUT2D eigenvalue weighted by Crippen LogP contribution is -2.31. The fraction of sp³-hybridized carbons (Fsp3) is 0.409. The Balaban J connectivity index is 2.12. The van der Waals surface area contributed by atoms with Crippen LogP contribution in [-0.4, -0.2) is 50.1 Å². The molecule has 2 atom stereocenters. The van der Waals surface area contributed by atoms with E-state index in [0.717, 1.165) is 5.56 Å². The number of benzene rings is 2. The number of hydrogen-bond acceptors (Lipinski definition) is 4. The van der Waals surface area contributed by atoms with Crippen LogP contribution in [0.2, 0.25) is 0 Å². The van der Waals surface area contributed by atoms with E-state index in [2.05, 4.69) is 4.72 Å². The third-order valence-corrected chi connectivity index (χ3v) is 6.32. The molecule has 0 aromatic heterocycles. The molecule has 0 spiro atoms. The Morgan fingerprint density at radius 2 is 1.62 bits per heavy atom. The van der Waals surface area contributed by atoms with Crippen LogP contribution < -0.4 is 4.72 Å². The molecule has 0 saturated heterocycles. The number of nitrogens with zero attached hydrogens (tertiary/aromatic N) is 1. The molecule has 6 nitrogen and oxygen atoms in total. The van der Waals surface area contributed by atoms with Crippen LogP contribution in [0.4, 0.5) is 0 Å². The highest BCUT2D eigenvalue weighted by atomic mass is 32.2. The number of carbonyl (C=O) groups excluding carboxylic acids is 1. The number of nitrogens with one attached hydrogen (secondary N) is 1. The normalized spacial score (nSPS) is 13.7. The molecule has 0 aliphatic rings. The van der Waals surface area contributed by atoms with Crippen molar-refractivity contribution in [2.45, 2.75) is 44.1 Å².